The number of nitrogens with zero attached hydrogens (tertiary/aromatic N) is 1. The van der Waals surface area contributed by atoms with Crippen LogP contribution >= 0.6 is 24.0 Å². The SMILES string of the molecule is C=C(C)CN=C(N)NCC1CCC(CC)CC1.I. The van der Waals surface area contributed by atoms with Crippen LogP contribution in [0, 0.1) is 11.8 Å². The van der Waals surface area contributed by atoms with Crippen molar-refractivity contribution >= 4 is 29.9 Å². The van der Waals surface area contributed by atoms with Crippen molar-refractivity contribution in [3.05, 3.63) is 12.2 Å². The molecule has 0 aliphatic heterocycles. The van der Waals surface area contributed by atoms with Gasteiger partial charge in [0.15, 0.2) is 5.96 Å². The highest BCUT2D eigenvalue weighted by molar-refractivity contribution is 14.0. The Bertz CT molecular complexity index is 268. The summed E-state index contributed by atoms with van der Waals surface area (Å²) in [6.07, 6.45) is 6.76. The molecule has 0 heterocycles. The molecule has 0 spiro atoms. The summed E-state index contributed by atoms with van der Waals surface area (Å²) >= 11 is 0. The highest BCUT2D eigenvalue weighted by Crippen LogP contribution is 2.29. The van der Waals surface area contributed by atoms with Gasteiger partial charge in [-0.1, -0.05) is 38.3 Å². The molecule has 1 aliphatic carbocycles. The molecule has 1 saturated carbocycles. The first-order chi connectivity index (χ1) is 8.11. The molecule has 1 aliphatic rings. The van der Waals surface area contributed by atoms with Crippen LogP contribution < -0.4 is 11.1 Å². The lowest BCUT2D eigenvalue weighted by atomic mass is 9.81. The molecule has 1 rings (SSSR count). The van der Waals surface area contributed by atoms with Crippen LogP contribution in [0.2, 0.25) is 0 Å². The molecule has 18 heavy (non-hydrogen) atoms. The van der Waals surface area contributed by atoms with Gasteiger partial charge in [0, 0.05) is 6.54 Å². The molecule has 0 bridgehead atoms. The first-order valence-electron chi connectivity index (χ1n) is 6.80. The van der Waals surface area contributed by atoms with Crippen LogP contribution in [-0.4, -0.2) is 19.0 Å². The van der Waals surface area contributed by atoms with Gasteiger partial charge in [0.1, 0.15) is 0 Å². The minimum absolute atomic E-state index is 0. The molecular formula is C14H28IN3. The lowest BCUT2D eigenvalue weighted by Crippen LogP contribution is -2.36. The summed E-state index contributed by atoms with van der Waals surface area (Å²) in [5.41, 5.74) is 6.83. The molecule has 3 nitrogen and oxygen atoms in total. The van der Waals surface area contributed by atoms with Crippen molar-refractivity contribution in [2.45, 2.75) is 46.0 Å². The molecule has 0 radical (unpaired) electrons. The summed E-state index contributed by atoms with van der Waals surface area (Å²) in [6.45, 7) is 9.66. The fraction of sp³-hybridized carbons (Fsp3) is 0.786. The second-order valence-electron chi connectivity index (χ2n) is 5.33. The fourth-order valence-electron chi connectivity index (χ4n) is 2.37. The van der Waals surface area contributed by atoms with E-state index in [4.69, 9.17) is 5.73 Å². The lowest BCUT2D eigenvalue weighted by Gasteiger charge is -2.27. The monoisotopic (exact) mass is 365 g/mol. The van der Waals surface area contributed by atoms with Crippen LogP contribution in [-0.2, 0) is 0 Å². The Labute approximate surface area is 129 Å². The van der Waals surface area contributed by atoms with Crippen molar-refractivity contribution in [1.29, 1.82) is 0 Å². The van der Waals surface area contributed by atoms with Crippen molar-refractivity contribution in [1.82, 2.24) is 5.32 Å². The topological polar surface area (TPSA) is 50.4 Å². The van der Waals surface area contributed by atoms with Gasteiger partial charge < -0.3 is 11.1 Å². The normalized spacial score (nSPS) is 24.2. The molecule has 0 atom stereocenters. The van der Waals surface area contributed by atoms with E-state index in [0.717, 1.165) is 24.0 Å². The Kier molecular flexibility index (Phi) is 9.50. The molecule has 3 N–H and O–H groups in total. The molecule has 0 aromatic carbocycles. The quantitative estimate of drug-likeness (QED) is 0.340. The molecule has 4 heteroatoms. The maximum Gasteiger partial charge on any atom is 0.188 e. The van der Waals surface area contributed by atoms with E-state index in [0.29, 0.717) is 12.5 Å². The van der Waals surface area contributed by atoms with Gasteiger partial charge in [0.25, 0.3) is 0 Å². The smallest absolute Gasteiger partial charge is 0.188 e. The number of hydrogen-bond donors (Lipinski definition) is 2. The Morgan fingerprint density at radius 1 is 1.28 bits per heavy atom. The van der Waals surface area contributed by atoms with Gasteiger partial charge in [0.2, 0.25) is 0 Å². The summed E-state index contributed by atoms with van der Waals surface area (Å²) in [4.78, 5) is 4.22. The molecule has 0 aromatic heterocycles. The van der Waals surface area contributed by atoms with Crippen molar-refractivity contribution in [3.63, 3.8) is 0 Å². The molecule has 0 unspecified atom stereocenters. The Morgan fingerprint density at radius 3 is 2.33 bits per heavy atom. The number of hydrogen-bond acceptors (Lipinski definition) is 1. The highest BCUT2D eigenvalue weighted by Gasteiger charge is 2.19. The van der Waals surface area contributed by atoms with Crippen LogP contribution in [0.4, 0.5) is 0 Å². The molecular weight excluding hydrogens is 337 g/mol. The van der Waals surface area contributed by atoms with Crippen LogP contribution in [0.3, 0.4) is 0 Å². The predicted octanol–water partition coefficient (Wildman–Crippen LogP) is 3.30. The van der Waals surface area contributed by atoms with E-state index in [-0.39, 0.29) is 24.0 Å². The second kappa shape index (κ2) is 9.64. The summed E-state index contributed by atoms with van der Waals surface area (Å²) in [7, 11) is 0. The van der Waals surface area contributed by atoms with Gasteiger partial charge >= 0.3 is 0 Å². The van der Waals surface area contributed by atoms with Crippen LogP contribution in [0.1, 0.15) is 46.0 Å². The molecule has 1 fully saturated rings. The zero-order valence-corrected chi connectivity index (χ0v) is 14.1. The van der Waals surface area contributed by atoms with Gasteiger partial charge in [0.05, 0.1) is 6.54 Å². The Morgan fingerprint density at radius 2 is 1.83 bits per heavy atom. The van der Waals surface area contributed by atoms with Crippen LogP contribution in [0.25, 0.3) is 0 Å². The maximum atomic E-state index is 5.79. The third-order valence-corrected chi connectivity index (χ3v) is 3.63. The first kappa shape index (κ1) is 17.7. The molecule has 106 valence electrons. The third-order valence-electron chi connectivity index (χ3n) is 3.63. The van der Waals surface area contributed by atoms with Gasteiger partial charge in [-0.05, 0) is 31.6 Å². The number of aliphatic imine (C=N–C) groups is 1. The summed E-state index contributed by atoms with van der Waals surface area (Å²) in [6, 6.07) is 0. The number of halogens is 1. The molecule has 0 aromatic rings. The van der Waals surface area contributed by atoms with Crippen molar-refractivity contribution < 1.29 is 0 Å². The number of nitrogens with one attached hydrogen (secondary N) is 1. The average molecular weight is 365 g/mol. The van der Waals surface area contributed by atoms with E-state index < -0.39 is 0 Å². The van der Waals surface area contributed by atoms with E-state index in [2.05, 4.69) is 23.8 Å². The number of guanidine groups is 1. The standard InChI is InChI=1S/C14H27N3.HI/c1-4-12-5-7-13(8-6-12)10-17-14(15)16-9-11(2)3;/h12-13H,2,4-10H2,1,3H3,(H3,15,16,17);1H. The van der Waals surface area contributed by atoms with Crippen molar-refractivity contribution in [3.8, 4) is 0 Å². The van der Waals surface area contributed by atoms with Gasteiger partial charge in [-0.25, -0.2) is 4.99 Å². The van der Waals surface area contributed by atoms with Crippen molar-refractivity contribution in [2.24, 2.45) is 22.6 Å². The minimum atomic E-state index is 0. The van der Waals surface area contributed by atoms with Crippen molar-refractivity contribution in [2.75, 3.05) is 13.1 Å². The minimum Gasteiger partial charge on any atom is -0.370 e. The van der Waals surface area contributed by atoms with E-state index in [9.17, 15) is 0 Å². The highest BCUT2D eigenvalue weighted by atomic mass is 127. The Hall–Kier alpha value is -0.260. The Balaban J connectivity index is 0.00000289. The third kappa shape index (κ3) is 7.24. The zero-order chi connectivity index (χ0) is 12.7. The number of rotatable bonds is 5. The van der Waals surface area contributed by atoms with Gasteiger partial charge in [-0.2, -0.15) is 0 Å². The first-order valence-corrected chi connectivity index (χ1v) is 6.80. The van der Waals surface area contributed by atoms with Crippen LogP contribution in [0.5, 0.6) is 0 Å². The van der Waals surface area contributed by atoms with E-state index in [1.165, 1.54) is 32.1 Å². The summed E-state index contributed by atoms with van der Waals surface area (Å²) < 4.78 is 0. The second-order valence-corrected chi connectivity index (χ2v) is 5.33. The average Bonchev–Trinajstić information content (AvgIpc) is 2.34. The maximum absolute atomic E-state index is 5.79. The van der Waals surface area contributed by atoms with Gasteiger partial charge in [-0.15, -0.1) is 24.0 Å². The predicted molar refractivity (Wildman–Crippen MR) is 90.5 cm³/mol. The lowest BCUT2D eigenvalue weighted by molar-refractivity contribution is 0.269. The van der Waals surface area contributed by atoms with E-state index >= 15 is 0 Å². The zero-order valence-electron chi connectivity index (χ0n) is 11.7. The molecule has 0 saturated heterocycles. The van der Waals surface area contributed by atoms with Gasteiger partial charge in [-0.3, -0.25) is 0 Å². The largest absolute Gasteiger partial charge is 0.370 e. The summed E-state index contributed by atoms with van der Waals surface area (Å²) in [5, 5.41) is 3.23. The van der Waals surface area contributed by atoms with Crippen LogP contribution in [0.15, 0.2) is 17.1 Å². The number of nitrogens with two attached hydrogens (primary N) is 1. The molecule has 0 amide bonds. The van der Waals surface area contributed by atoms with E-state index in [1.54, 1.807) is 0 Å². The summed E-state index contributed by atoms with van der Waals surface area (Å²) in [5.74, 6) is 2.29. The fourth-order valence-corrected chi connectivity index (χ4v) is 2.37. The van der Waals surface area contributed by atoms with E-state index in [1.807, 2.05) is 6.92 Å².